The molecule has 2 aromatic carbocycles. The van der Waals surface area contributed by atoms with Crippen molar-refractivity contribution in [2.45, 2.75) is 13.3 Å². The molecule has 26 heavy (non-hydrogen) atoms. The fourth-order valence-corrected chi connectivity index (χ4v) is 3.08. The van der Waals surface area contributed by atoms with Crippen molar-refractivity contribution in [1.82, 2.24) is 4.90 Å². The van der Waals surface area contributed by atoms with Crippen molar-refractivity contribution >= 4 is 17.3 Å². The lowest BCUT2D eigenvalue weighted by atomic mass is 10.2. The van der Waals surface area contributed by atoms with Crippen molar-refractivity contribution in [3.63, 3.8) is 0 Å². The third-order valence-electron chi connectivity index (χ3n) is 4.68. The molecular formula is C21H27N3O2. The van der Waals surface area contributed by atoms with Crippen LogP contribution in [0.5, 0.6) is 5.75 Å². The highest BCUT2D eigenvalue weighted by molar-refractivity contribution is 5.90. The minimum atomic E-state index is -0.0368. The third kappa shape index (κ3) is 5.23. The van der Waals surface area contributed by atoms with Crippen LogP contribution in [-0.4, -0.2) is 50.1 Å². The Morgan fingerprint density at radius 2 is 1.69 bits per heavy atom. The van der Waals surface area contributed by atoms with Crippen molar-refractivity contribution in [3.8, 4) is 5.75 Å². The molecule has 0 bridgehead atoms. The van der Waals surface area contributed by atoms with Gasteiger partial charge in [0.1, 0.15) is 5.75 Å². The van der Waals surface area contributed by atoms with Crippen LogP contribution >= 0.6 is 0 Å². The summed E-state index contributed by atoms with van der Waals surface area (Å²) in [6, 6.07) is 17.6. The summed E-state index contributed by atoms with van der Waals surface area (Å²) in [5.41, 5.74) is 2.04. The molecular weight excluding hydrogens is 326 g/mol. The molecule has 0 spiro atoms. The Balaban J connectivity index is 1.43. The predicted molar refractivity (Wildman–Crippen MR) is 106 cm³/mol. The van der Waals surface area contributed by atoms with Crippen LogP contribution in [0.25, 0.3) is 0 Å². The van der Waals surface area contributed by atoms with Crippen LogP contribution in [0.3, 0.4) is 0 Å². The van der Waals surface area contributed by atoms with Crippen LogP contribution in [0.1, 0.15) is 13.3 Å². The molecule has 1 amide bonds. The second kappa shape index (κ2) is 9.25. The molecule has 0 radical (unpaired) electrons. The molecule has 5 nitrogen and oxygen atoms in total. The van der Waals surface area contributed by atoms with E-state index < -0.39 is 0 Å². The van der Waals surface area contributed by atoms with E-state index in [4.69, 9.17) is 4.74 Å². The molecule has 138 valence electrons. The van der Waals surface area contributed by atoms with Gasteiger partial charge in [-0.2, -0.15) is 0 Å². The number of piperazine rings is 1. The largest absolute Gasteiger partial charge is 0.493 e. The molecule has 5 heteroatoms. The Labute approximate surface area is 155 Å². The van der Waals surface area contributed by atoms with E-state index in [2.05, 4.69) is 34.2 Å². The number of ether oxygens (including phenoxy) is 1. The highest BCUT2D eigenvalue weighted by Crippen LogP contribution is 2.19. The number of nitrogens with one attached hydrogen (secondary N) is 1. The fourth-order valence-electron chi connectivity index (χ4n) is 3.08. The van der Waals surface area contributed by atoms with Gasteiger partial charge in [-0.05, 0) is 42.9 Å². The fraction of sp³-hybridized carbons (Fsp3) is 0.381. The molecule has 2 aromatic rings. The number of hydrogen-bond donors (Lipinski definition) is 1. The zero-order valence-corrected chi connectivity index (χ0v) is 15.4. The monoisotopic (exact) mass is 353 g/mol. The maximum Gasteiger partial charge on any atom is 0.227 e. The average Bonchev–Trinajstić information content (AvgIpc) is 2.69. The van der Waals surface area contributed by atoms with Crippen LogP contribution in [0, 0.1) is 0 Å². The Kier molecular flexibility index (Phi) is 6.50. The quantitative estimate of drug-likeness (QED) is 0.830. The highest BCUT2D eigenvalue weighted by atomic mass is 16.5. The van der Waals surface area contributed by atoms with Crippen molar-refractivity contribution in [1.29, 1.82) is 0 Å². The second-order valence-electron chi connectivity index (χ2n) is 6.43. The van der Waals surface area contributed by atoms with Crippen molar-refractivity contribution in [2.24, 2.45) is 0 Å². The normalized spacial score (nSPS) is 14.9. The van der Waals surface area contributed by atoms with Crippen LogP contribution in [-0.2, 0) is 4.79 Å². The number of carbonyl (C=O) groups is 1. The maximum absolute atomic E-state index is 12.1. The summed E-state index contributed by atoms with van der Waals surface area (Å²) in [6.45, 7) is 8.01. The maximum atomic E-state index is 12.1. The number of hydrogen-bond acceptors (Lipinski definition) is 4. The average molecular weight is 353 g/mol. The lowest BCUT2D eigenvalue weighted by Gasteiger charge is -2.35. The number of amides is 1. The van der Waals surface area contributed by atoms with E-state index in [0.29, 0.717) is 13.0 Å². The van der Waals surface area contributed by atoms with Gasteiger partial charge in [0.2, 0.25) is 5.91 Å². The minimum Gasteiger partial charge on any atom is -0.493 e. The Morgan fingerprint density at radius 1 is 1.00 bits per heavy atom. The minimum absolute atomic E-state index is 0.0368. The van der Waals surface area contributed by atoms with Gasteiger partial charge in [-0.25, -0.2) is 0 Å². The Bertz CT molecular complexity index is 680. The summed E-state index contributed by atoms with van der Waals surface area (Å²) in [5.74, 6) is 0.748. The number of rotatable bonds is 7. The summed E-state index contributed by atoms with van der Waals surface area (Å²) in [5, 5.41) is 2.93. The standard InChI is InChI=1S/C21H27N3O2/c1-2-23-13-15-24(16-14-23)19-10-8-18(9-11-19)22-21(25)12-17-26-20-6-4-3-5-7-20/h3-11H,2,12-17H2,1H3,(H,22,25). The van der Waals surface area contributed by atoms with Gasteiger partial charge in [-0.1, -0.05) is 25.1 Å². The van der Waals surface area contributed by atoms with E-state index in [-0.39, 0.29) is 5.91 Å². The molecule has 1 saturated heterocycles. The molecule has 0 unspecified atom stereocenters. The Hall–Kier alpha value is -2.53. The molecule has 0 saturated carbocycles. The third-order valence-corrected chi connectivity index (χ3v) is 4.68. The van der Waals surface area contributed by atoms with Gasteiger partial charge in [0.05, 0.1) is 13.0 Å². The summed E-state index contributed by atoms with van der Waals surface area (Å²) in [6.07, 6.45) is 0.329. The zero-order valence-electron chi connectivity index (χ0n) is 15.4. The van der Waals surface area contributed by atoms with Gasteiger partial charge in [0.25, 0.3) is 0 Å². The van der Waals surface area contributed by atoms with Crippen LogP contribution < -0.4 is 15.0 Å². The molecule has 1 aliphatic rings. The number of likely N-dealkylation sites (N-methyl/N-ethyl adjacent to an activating group) is 1. The van der Waals surface area contributed by atoms with E-state index in [9.17, 15) is 4.79 Å². The molecule has 1 fully saturated rings. The topological polar surface area (TPSA) is 44.8 Å². The first-order valence-electron chi connectivity index (χ1n) is 9.29. The first-order chi connectivity index (χ1) is 12.7. The number of carbonyl (C=O) groups excluding carboxylic acids is 1. The lowest BCUT2D eigenvalue weighted by Crippen LogP contribution is -2.46. The van der Waals surface area contributed by atoms with Crippen molar-refractivity contribution in [2.75, 3.05) is 49.5 Å². The van der Waals surface area contributed by atoms with E-state index >= 15 is 0 Å². The molecule has 0 atom stereocenters. The van der Waals surface area contributed by atoms with Gasteiger partial charge in [-0.15, -0.1) is 0 Å². The smallest absolute Gasteiger partial charge is 0.227 e. The number of benzene rings is 2. The SMILES string of the molecule is CCN1CCN(c2ccc(NC(=O)CCOc3ccccc3)cc2)CC1. The van der Waals surface area contributed by atoms with Gasteiger partial charge in [0, 0.05) is 37.6 Å². The van der Waals surface area contributed by atoms with Gasteiger partial charge in [0.15, 0.2) is 0 Å². The second-order valence-corrected chi connectivity index (χ2v) is 6.43. The molecule has 1 heterocycles. The summed E-state index contributed by atoms with van der Waals surface area (Å²) in [7, 11) is 0. The molecule has 1 N–H and O–H groups in total. The van der Waals surface area contributed by atoms with E-state index in [0.717, 1.165) is 44.2 Å². The van der Waals surface area contributed by atoms with Crippen LogP contribution in [0.15, 0.2) is 54.6 Å². The van der Waals surface area contributed by atoms with E-state index in [1.54, 1.807) is 0 Å². The summed E-state index contributed by atoms with van der Waals surface area (Å²) >= 11 is 0. The van der Waals surface area contributed by atoms with Gasteiger partial charge >= 0.3 is 0 Å². The number of para-hydroxylation sites is 1. The number of anilines is 2. The summed E-state index contributed by atoms with van der Waals surface area (Å²) in [4.78, 5) is 16.9. The van der Waals surface area contributed by atoms with Crippen molar-refractivity contribution < 1.29 is 9.53 Å². The number of nitrogens with zero attached hydrogens (tertiary/aromatic N) is 2. The first-order valence-corrected chi connectivity index (χ1v) is 9.29. The van der Waals surface area contributed by atoms with Crippen molar-refractivity contribution in [3.05, 3.63) is 54.6 Å². The van der Waals surface area contributed by atoms with Crippen LogP contribution in [0.4, 0.5) is 11.4 Å². The lowest BCUT2D eigenvalue weighted by molar-refractivity contribution is -0.116. The predicted octanol–water partition coefficient (Wildman–Crippen LogP) is 3.24. The summed E-state index contributed by atoms with van der Waals surface area (Å²) < 4.78 is 5.56. The molecule has 0 aromatic heterocycles. The van der Waals surface area contributed by atoms with Gasteiger partial charge in [-0.3, -0.25) is 4.79 Å². The zero-order chi connectivity index (χ0) is 18.2. The van der Waals surface area contributed by atoms with Gasteiger partial charge < -0.3 is 19.9 Å². The molecule has 0 aliphatic carbocycles. The first kappa shape index (κ1) is 18.3. The van der Waals surface area contributed by atoms with E-state index in [1.165, 1.54) is 5.69 Å². The Morgan fingerprint density at radius 3 is 2.35 bits per heavy atom. The molecule has 3 rings (SSSR count). The highest BCUT2D eigenvalue weighted by Gasteiger charge is 2.15. The van der Waals surface area contributed by atoms with Crippen LogP contribution in [0.2, 0.25) is 0 Å². The molecule has 1 aliphatic heterocycles. The van der Waals surface area contributed by atoms with E-state index in [1.807, 2.05) is 42.5 Å².